The molecule has 0 bridgehead atoms. The highest BCUT2D eigenvalue weighted by Crippen LogP contribution is 2.01. The minimum absolute atomic E-state index is 0.296. The minimum Gasteiger partial charge on any atom is -0.383 e. The lowest BCUT2D eigenvalue weighted by molar-refractivity contribution is 0.190. The lowest BCUT2D eigenvalue weighted by Crippen LogP contribution is -2.21. The van der Waals surface area contributed by atoms with E-state index in [1.807, 2.05) is 18.2 Å². The molecule has 0 radical (unpaired) electrons. The topological polar surface area (TPSA) is 34.1 Å². The highest BCUT2D eigenvalue weighted by atomic mass is 16.5. The van der Waals surface area contributed by atoms with E-state index in [2.05, 4.69) is 17.2 Å². The molecule has 3 heteroatoms. The van der Waals surface area contributed by atoms with E-state index in [1.54, 1.807) is 13.3 Å². The first-order valence-electron chi connectivity index (χ1n) is 3.99. The van der Waals surface area contributed by atoms with E-state index in [1.165, 1.54) is 0 Å². The zero-order valence-electron chi connectivity index (χ0n) is 7.45. The third kappa shape index (κ3) is 2.88. The largest absolute Gasteiger partial charge is 0.383 e. The first-order chi connectivity index (χ1) is 5.83. The van der Waals surface area contributed by atoms with Crippen molar-refractivity contribution < 1.29 is 4.74 Å². The monoisotopic (exact) mass is 166 g/mol. The van der Waals surface area contributed by atoms with Crippen LogP contribution in [0.1, 0.15) is 6.92 Å². The van der Waals surface area contributed by atoms with Crippen molar-refractivity contribution in [1.82, 2.24) is 4.98 Å². The average molecular weight is 166 g/mol. The number of rotatable bonds is 4. The Labute approximate surface area is 72.8 Å². The van der Waals surface area contributed by atoms with Gasteiger partial charge < -0.3 is 10.1 Å². The molecule has 3 nitrogen and oxygen atoms in total. The molecule has 66 valence electrons. The summed E-state index contributed by atoms with van der Waals surface area (Å²) in [5.74, 6) is 0.891. The molecular weight excluding hydrogens is 152 g/mol. The zero-order valence-corrected chi connectivity index (χ0v) is 7.45. The number of nitrogens with zero attached hydrogens (tertiary/aromatic N) is 1. The highest BCUT2D eigenvalue weighted by molar-refractivity contribution is 5.34. The van der Waals surface area contributed by atoms with Crippen LogP contribution in [0, 0.1) is 0 Å². The average Bonchev–Trinajstić information content (AvgIpc) is 2.06. The van der Waals surface area contributed by atoms with Crippen LogP contribution in [0.25, 0.3) is 0 Å². The van der Waals surface area contributed by atoms with Gasteiger partial charge in [-0.15, -0.1) is 0 Å². The van der Waals surface area contributed by atoms with Gasteiger partial charge in [-0.2, -0.15) is 0 Å². The van der Waals surface area contributed by atoms with E-state index < -0.39 is 0 Å². The Kier molecular flexibility index (Phi) is 3.54. The van der Waals surface area contributed by atoms with Crippen molar-refractivity contribution in [3.63, 3.8) is 0 Å². The van der Waals surface area contributed by atoms with E-state index in [4.69, 9.17) is 4.74 Å². The van der Waals surface area contributed by atoms with Crippen molar-refractivity contribution in [2.24, 2.45) is 0 Å². The van der Waals surface area contributed by atoms with Gasteiger partial charge >= 0.3 is 0 Å². The molecule has 1 aromatic heterocycles. The molecule has 12 heavy (non-hydrogen) atoms. The fraction of sp³-hybridized carbons (Fsp3) is 0.444. The van der Waals surface area contributed by atoms with Crippen molar-refractivity contribution >= 4 is 5.82 Å². The van der Waals surface area contributed by atoms with Crippen LogP contribution in [0.5, 0.6) is 0 Å². The van der Waals surface area contributed by atoms with Crippen molar-refractivity contribution in [1.29, 1.82) is 0 Å². The van der Waals surface area contributed by atoms with Crippen molar-refractivity contribution in [2.45, 2.75) is 13.0 Å². The van der Waals surface area contributed by atoms with Crippen LogP contribution in [0.4, 0.5) is 5.82 Å². The summed E-state index contributed by atoms with van der Waals surface area (Å²) in [6, 6.07) is 6.08. The lowest BCUT2D eigenvalue weighted by atomic mass is 10.3. The lowest BCUT2D eigenvalue weighted by Gasteiger charge is -2.12. The highest BCUT2D eigenvalue weighted by Gasteiger charge is 1.99. The second-order valence-electron chi connectivity index (χ2n) is 2.72. The number of pyridine rings is 1. The quantitative estimate of drug-likeness (QED) is 0.736. The Morgan fingerprint density at radius 3 is 3.00 bits per heavy atom. The normalized spacial score (nSPS) is 12.5. The summed E-state index contributed by atoms with van der Waals surface area (Å²) in [6.07, 6.45) is 1.77. The molecule has 0 aliphatic rings. The summed E-state index contributed by atoms with van der Waals surface area (Å²) in [5, 5.41) is 3.21. The van der Waals surface area contributed by atoms with Crippen molar-refractivity contribution in [3.05, 3.63) is 24.4 Å². The second-order valence-corrected chi connectivity index (χ2v) is 2.72. The van der Waals surface area contributed by atoms with Crippen LogP contribution in [0.2, 0.25) is 0 Å². The maximum absolute atomic E-state index is 4.99. The summed E-state index contributed by atoms with van der Waals surface area (Å²) >= 11 is 0. The fourth-order valence-corrected chi connectivity index (χ4v) is 0.992. The maximum Gasteiger partial charge on any atom is 0.126 e. The summed E-state index contributed by atoms with van der Waals surface area (Å²) in [6.45, 7) is 2.74. The maximum atomic E-state index is 4.99. The summed E-state index contributed by atoms with van der Waals surface area (Å²) in [7, 11) is 1.69. The van der Waals surface area contributed by atoms with E-state index in [0.29, 0.717) is 12.6 Å². The van der Waals surface area contributed by atoms with Gasteiger partial charge in [0.05, 0.1) is 6.61 Å². The molecule has 0 fully saturated rings. The Balaban J connectivity index is 2.41. The van der Waals surface area contributed by atoms with Gasteiger partial charge in [0, 0.05) is 19.3 Å². The molecule has 1 heterocycles. The van der Waals surface area contributed by atoms with Crippen LogP contribution in [-0.2, 0) is 4.74 Å². The molecule has 0 aliphatic carbocycles. The Hall–Kier alpha value is -1.09. The van der Waals surface area contributed by atoms with E-state index >= 15 is 0 Å². The molecule has 1 atom stereocenters. The second kappa shape index (κ2) is 4.72. The predicted octanol–water partition coefficient (Wildman–Crippen LogP) is 1.53. The Morgan fingerprint density at radius 2 is 2.42 bits per heavy atom. The number of hydrogen-bond acceptors (Lipinski definition) is 3. The zero-order chi connectivity index (χ0) is 8.81. The number of anilines is 1. The van der Waals surface area contributed by atoms with Gasteiger partial charge in [0.25, 0.3) is 0 Å². The van der Waals surface area contributed by atoms with E-state index in [0.717, 1.165) is 5.82 Å². The molecule has 0 amide bonds. The molecule has 1 N–H and O–H groups in total. The number of nitrogens with one attached hydrogen (secondary N) is 1. The molecule has 0 aromatic carbocycles. The molecule has 0 aliphatic heterocycles. The number of ether oxygens (including phenoxy) is 1. The SMILES string of the molecule is COCC(C)Nc1ccccn1. The molecule has 0 saturated carbocycles. The Bertz CT molecular complexity index is 213. The summed E-state index contributed by atoms with van der Waals surface area (Å²) < 4.78 is 4.99. The molecule has 0 saturated heterocycles. The molecular formula is C9H14N2O. The van der Waals surface area contributed by atoms with Gasteiger partial charge in [-0.25, -0.2) is 4.98 Å². The fourth-order valence-electron chi connectivity index (χ4n) is 0.992. The van der Waals surface area contributed by atoms with Crippen molar-refractivity contribution in [3.8, 4) is 0 Å². The van der Waals surface area contributed by atoms with Crippen molar-refractivity contribution in [2.75, 3.05) is 19.0 Å². The summed E-state index contributed by atoms with van der Waals surface area (Å²) in [5.41, 5.74) is 0. The third-order valence-electron chi connectivity index (χ3n) is 1.48. The minimum atomic E-state index is 0.296. The van der Waals surface area contributed by atoms with Gasteiger partial charge in [-0.05, 0) is 19.1 Å². The first-order valence-corrected chi connectivity index (χ1v) is 3.99. The van der Waals surface area contributed by atoms with Crippen LogP contribution >= 0.6 is 0 Å². The molecule has 1 aromatic rings. The Morgan fingerprint density at radius 1 is 1.58 bits per heavy atom. The smallest absolute Gasteiger partial charge is 0.126 e. The summed E-state index contributed by atoms with van der Waals surface area (Å²) in [4.78, 5) is 4.13. The predicted molar refractivity (Wildman–Crippen MR) is 49.2 cm³/mol. The van der Waals surface area contributed by atoms with Crippen LogP contribution in [-0.4, -0.2) is 24.7 Å². The molecule has 0 spiro atoms. The van der Waals surface area contributed by atoms with Gasteiger partial charge in [0.2, 0.25) is 0 Å². The van der Waals surface area contributed by atoms with Gasteiger partial charge in [-0.1, -0.05) is 6.07 Å². The van der Waals surface area contributed by atoms with Gasteiger partial charge in [0.15, 0.2) is 0 Å². The van der Waals surface area contributed by atoms with E-state index in [9.17, 15) is 0 Å². The molecule has 1 unspecified atom stereocenters. The van der Waals surface area contributed by atoms with Crippen LogP contribution in [0.3, 0.4) is 0 Å². The van der Waals surface area contributed by atoms with Gasteiger partial charge in [0.1, 0.15) is 5.82 Å². The number of methoxy groups -OCH3 is 1. The molecule has 1 rings (SSSR count). The van der Waals surface area contributed by atoms with Crippen LogP contribution < -0.4 is 5.32 Å². The first kappa shape index (κ1) is 9.00. The standard InChI is InChI=1S/C9H14N2O/c1-8(7-12-2)11-9-5-3-4-6-10-9/h3-6,8H,7H2,1-2H3,(H,10,11). The number of hydrogen-bond donors (Lipinski definition) is 1. The number of aromatic nitrogens is 1. The van der Waals surface area contributed by atoms with Crippen LogP contribution in [0.15, 0.2) is 24.4 Å². The third-order valence-corrected chi connectivity index (χ3v) is 1.48. The van der Waals surface area contributed by atoms with Gasteiger partial charge in [-0.3, -0.25) is 0 Å². The van der Waals surface area contributed by atoms with E-state index in [-0.39, 0.29) is 0 Å².